The van der Waals surface area contributed by atoms with E-state index in [4.69, 9.17) is 4.74 Å². The molecule has 0 aliphatic carbocycles. The van der Waals surface area contributed by atoms with Crippen LogP contribution in [-0.4, -0.2) is 17.1 Å². The standard InChI is InChI=1S/C13H12F3N3O2/c1-21-7-10-6-11(20)19-12(18-10)17-9-4-2-8(3-5-9)13(14,15)16/h2-6H,7H2,1H3,(H2,17,18,19,20). The lowest BCUT2D eigenvalue weighted by molar-refractivity contribution is -0.137. The first-order chi connectivity index (χ1) is 9.88. The quantitative estimate of drug-likeness (QED) is 0.911. The van der Waals surface area contributed by atoms with Crippen molar-refractivity contribution in [2.45, 2.75) is 12.8 Å². The van der Waals surface area contributed by atoms with Crippen LogP contribution in [0.4, 0.5) is 24.8 Å². The van der Waals surface area contributed by atoms with Crippen molar-refractivity contribution in [3.8, 4) is 0 Å². The van der Waals surface area contributed by atoms with Crippen LogP contribution in [0.5, 0.6) is 0 Å². The second-order valence-electron chi connectivity index (χ2n) is 4.22. The number of methoxy groups -OCH3 is 1. The minimum absolute atomic E-state index is 0.134. The predicted molar refractivity (Wildman–Crippen MR) is 70.3 cm³/mol. The summed E-state index contributed by atoms with van der Waals surface area (Å²) in [7, 11) is 1.46. The number of hydrogen-bond donors (Lipinski definition) is 2. The normalized spacial score (nSPS) is 11.4. The Morgan fingerprint density at radius 1 is 1.29 bits per heavy atom. The first-order valence-electron chi connectivity index (χ1n) is 5.92. The Morgan fingerprint density at radius 3 is 2.52 bits per heavy atom. The molecule has 0 aliphatic heterocycles. The van der Waals surface area contributed by atoms with Crippen molar-refractivity contribution in [2.75, 3.05) is 12.4 Å². The number of benzene rings is 1. The monoisotopic (exact) mass is 299 g/mol. The average molecular weight is 299 g/mol. The second kappa shape index (κ2) is 5.96. The smallest absolute Gasteiger partial charge is 0.378 e. The van der Waals surface area contributed by atoms with Gasteiger partial charge in [-0.05, 0) is 24.3 Å². The number of ether oxygens (including phenoxy) is 1. The fourth-order valence-electron chi connectivity index (χ4n) is 1.67. The summed E-state index contributed by atoms with van der Waals surface area (Å²) < 4.78 is 42.2. The Kier molecular flexibility index (Phi) is 4.27. The van der Waals surface area contributed by atoms with Crippen LogP contribution < -0.4 is 10.9 Å². The van der Waals surface area contributed by atoms with Gasteiger partial charge < -0.3 is 10.1 Å². The zero-order valence-corrected chi connectivity index (χ0v) is 11.0. The van der Waals surface area contributed by atoms with E-state index in [-0.39, 0.29) is 18.1 Å². The van der Waals surface area contributed by atoms with E-state index in [9.17, 15) is 18.0 Å². The van der Waals surface area contributed by atoms with Crippen LogP contribution in [-0.2, 0) is 17.5 Å². The Bertz CT molecular complexity index is 666. The van der Waals surface area contributed by atoms with Gasteiger partial charge in [-0.3, -0.25) is 9.78 Å². The van der Waals surface area contributed by atoms with Crippen LogP contribution in [0.15, 0.2) is 35.1 Å². The minimum Gasteiger partial charge on any atom is -0.378 e. The number of halogens is 3. The van der Waals surface area contributed by atoms with Crippen LogP contribution in [0, 0.1) is 0 Å². The molecule has 0 unspecified atom stereocenters. The highest BCUT2D eigenvalue weighted by atomic mass is 19.4. The van der Waals surface area contributed by atoms with Crippen LogP contribution in [0.1, 0.15) is 11.3 Å². The summed E-state index contributed by atoms with van der Waals surface area (Å²) in [4.78, 5) is 17.9. The number of aromatic nitrogens is 2. The number of nitrogens with one attached hydrogen (secondary N) is 2. The summed E-state index contributed by atoms with van der Waals surface area (Å²) in [6, 6.07) is 5.68. The molecule has 5 nitrogen and oxygen atoms in total. The van der Waals surface area contributed by atoms with Crippen molar-refractivity contribution in [3.63, 3.8) is 0 Å². The fourth-order valence-corrected chi connectivity index (χ4v) is 1.67. The Hall–Kier alpha value is -2.35. The molecule has 0 atom stereocenters. The van der Waals surface area contributed by atoms with E-state index in [2.05, 4.69) is 15.3 Å². The van der Waals surface area contributed by atoms with Gasteiger partial charge >= 0.3 is 6.18 Å². The van der Waals surface area contributed by atoms with Gasteiger partial charge in [-0.25, -0.2) is 4.98 Å². The molecule has 112 valence electrons. The lowest BCUT2D eigenvalue weighted by Crippen LogP contribution is -2.12. The molecule has 1 aromatic heterocycles. The predicted octanol–water partition coefficient (Wildman–Crippen LogP) is 2.68. The Morgan fingerprint density at radius 2 is 1.95 bits per heavy atom. The molecule has 1 heterocycles. The lowest BCUT2D eigenvalue weighted by Gasteiger charge is -2.09. The van der Waals surface area contributed by atoms with Crippen LogP contribution in [0.3, 0.4) is 0 Å². The highest BCUT2D eigenvalue weighted by Gasteiger charge is 2.29. The molecule has 0 aliphatic rings. The van der Waals surface area contributed by atoms with Crippen molar-refractivity contribution in [1.82, 2.24) is 9.97 Å². The van der Waals surface area contributed by atoms with Crippen LogP contribution in [0.25, 0.3) is 0 Å². The Balaban J connectivity index is 2.20. The third kappa shape index (κ3) is 4.06. The molecule has 0 spiro atoms. The number of alkyl halides is 3. The van der Waals surface area contributed by atoms with Gasteiger partial charge in [0.1, 0.15) is 0 Å². The summed E-state index contributed by atoms with van der Waals surface area (Å²) in [5, 5.41) is 2.73. The number of H-pyrrole nitrogens is 1. The van der Waals surface area contributed by atoms with E-state index in [0.717, 1.165) is 12.1 Å². The third-order valence-electron chi connectivity index (χ3n) is 2.56. The molecule has 8 heteroatoms. The fraction of sp³-hybridized carbons (Fsp3) is 0.231. The van der Waals surface area contributed by atoms with E-state index < -0.39 is 11.7 Å². The van der Waals surface area contributed by atoms with Crippen molar-refractivity contribution >= 4 is 11.6 Å². The molecule has 21 heavy (non-hydrogen) atoms. The minimum atomic E-state index is -4.39. The maximum absolute atomic E-state index is 12.4. The first kappa shape index (κ1) is 15.0. The number of nitrogens with zero attached hydrogens (tertiary/aromatic N) is 1. The van der Waals surface area contributed by atoms with Crippen LogP contribution in [0.2, 0.25) is 0 Å². The lowest BCUT2D eigenvalue weighted by atomic mass is 10.2. The molecule has 0 radical (unpaired) electrons. The van der Waals surface area contributed by atoms with Gasteiger partial charge in [-0.15, -0.1) is 0 Å². The van der Waals surface area contributed by atoms with Gasteiger partial charge in [0.15, 0.2) is 0 Å². The molecule has 2 aromatic rings. The topological polar surface area (TPSA) is 67.0 Å². The summed E-state index contributed by atoms with van der Waals surface area (Å²) in [6.45, 7) is 0.158. The van der Waals surface area contributed by atoms with E-state index in [1.54, 1.807) is 0 Å². The van der Waals surface area contributed by atoms with Gasteiger partial charge in [0.2, 0.25) is 5.95 Å². The summed E-state index contributed by atoms with van der Waals surface area (Å²) in [6.07, 6.45) is -4.39. The molecule has 0 saturated carbocycles. The SMILES string of the molecule is COCc1cc(=O)[nH]c(Nc2ccc(C(F)(F)F)cc2)n1. The highest BCUT2D eigenvalue weighted by Crippen LogP contribution is 2.30. The van der Waals surface area contributed by atoms with Crippen molar-refractivity contribution in [3.05, 3.63) is 51.9 Å². The maximum Gasteiger partial charge on any atom is 0.416 e. The molecule has 0 bridgehead atoms. The van der Waals surface area contributed by atoms with Crippen molar-refractivity contribution in [2.24, 2.45) is 0 Å². The molecule has 0 amide bonds. The molecule has 0 fully saturated rings. The summed E-state index contributed by atoms with van der Waals surface area (Å²) in [5.41, 5.74) is -0.342. The molecule has 0 saturated heterocycles. The maximum atomic E-state index is 12.4. The van der Waals surface area contributed by atoms with E-state index >= 15 is 0 Å². The van der Waals surface area contributed by atoms with Gasteiger partial charge in [0.25, 0.3) is 5.56 Å². The number of anilines is 2. The molecule has 2 N–H and O–H groups in total. The summed E-state index contributed by atoms with van der Waals surface area (Å²) in [5.74, 6) is 0.134. The van der Waals surface area contributed by atoms with Gasteiger partial charge in [-0.2, -0.15) is 13.2 Å². The Labute approximate surface area is 117 Å². The zero-order valence-electron chi connectivity index (χ0n) is 11.0. The first-order valence-corrected chi connectivity index (χ1v) is 5.92. The van der Waals surface area contributed by atoms with Crippen molar-refractivity contribution in [1.29, 1.82) is 0 Å². The van der Waals surface area contributed by atoms with Gasteiger partial charge in [0, 0.05) is 18.9 Å². The number of aromatic amines is 1. The molecular weight excluding hydrogens is 287 g/mol. The second-order valence-corrected chi connectivity index (χ2v) is 4.22. The average Bonchev–Trinajstić information content (AvgIpc) is 2.38. The largest absolute Gasteiger partial charge is 0.416 e. The third-order valence-corrected chi connectivity index (χ3v) is 2.56. The van der Waals surface area contributed by atoms with Gasteiger partial charge in [-0.1, -0.05) is 0 Å². The van der Waals surface area contributed by atoms with Gasteiger partial charge in [0.05, 0.1) is 17.9 Å². The molecule has 1 aromatic carbocycles. The zero-order chi connectivity index (χ0) is 15.5. The number of rotatable bonds is 4. The summed E-state index contributed by atoms with van der Waals surface area (Å²) >= 11 is 0. The van der Waals surface area contributed by atoms with E-state index in [0.29, 0.717) is 11.4 Å². The molecular formula is C13H12F3N3O2. The highest BCUT2D eigenvalue weighted by molar-refractivity contribution is 5.53. The van der Waals surface area contributed by atoms with E-state index in [1.165, 1.54) is 25.3 Å². The van der Waals surface area contributed by atoms with Crippen LogP contribution >= 0.6 is 0 Å². The number of hydrogen-bond acceptors (Lipinski definition) is 4. The van der Waals surface area contributed by atoms with E-state index in [1.807, 2.05) is 0 Å². The molecule has 2 rings (SSSR count). The van der Waals surface area contributed by atoms with Crippen molar-refractivity contribution < 1.29 is 17.9 Å².